The Morgan fingerprint density at radius 3 is 2.90 bits per heavy atom. The molecule has 0 radical (unpaired) electrons. The second-order valence-electron chi connectivity index (χ2n) is 3.94. The van der Waals surface area contributed by atoms with Crippen LogP contribution in [-0.2, 0) is 0 Å². The van der Waals surface area contributed by atoms with E-state index in [-0.39, 0.29) is 0 Å². The van der Waals surface area contributed by atoms with Crippen LogP contribution in [0, 0.1) is 11.8 Å². The molecule has 0 spiro atoms. The molecule has 2 aliphatic rings. The lowest BCUT2D eigenvalue weighted by Crippen LogP contribution is -2.36. The molecule has 3 atom stereocenters. The van der Waals surface area contributed by atoms with E-state index in [1.807, 2.05) is 0 Å². The minimum atomic E-state index is 0.883. The molecule has 3 unspecified atom stereocenters. The van der Waals surface area contributed by atoms with Crippen LogP contribution < -0.4 is 5.32 Å². The van der Waals surface area contributed by atoms with Crippen molar-refractivity contribution in [2.24, 2.45) is 11.8 Å². The Balaban J connectivity index is 2.03. The van der Waals surface area contributed by atoms with Gasteiger partial charge in [-0.2, -0.15) is 0 Å². The highest BCUT2D eigenvalue weighted by atomic mass is 15.0. The van der Waals surface area contributed by atoms with E-state index in [0.29, 0.717) is 0 Å². The molecule has 10 heavy (non-hydrogen) atoms. The number of rotatable bonds is 0. The summed E-state index contributed by atoms with van der Waals surface area (Å²) in [7, 11) is 0. The van der Waals surface area contributed by atoms with Crippen LogP contribution in [0.1, 0.15) is 32.6 Å². The fraction of sp³-hybridized carbons (Fsp3) is 1.00. The maximum atomic E-state index is 3.61. The quantitative estimate of drug-likeness (QED) is 0.539. The maximum Gasteiger partial charge on any atom is 0.0121 e. The van der Waals surface area contributed by atoms with E-state index in [0.717, 1.165) is 17.9 Å². The fourth-order valence-corrected chi connectivity index (χ4v) is 2.65. The van der Waals surface area contributed by atoms with Gasteiger partial charge >= 0.3 is 0 Å². The first-order chi connectivity index (χ1) is 4.88. The molecular weight excluding hydrogens is 122 g/mol. The van der Waals surface area contributed by atoms with Gasteiger partial charge in [-0.05, 0) is 37.6 Å². The average molecular weight is 139 g/mol. The Hall–Kier alpha value is -0.0400. The molecule has 1 heterocycles. The molecule has 0 bridgehead atoms. The van der Waals surface area contributed by atoms with Crippen LogP contribution in [0.25, 0.3) is 0 Å². The van der Waals surface area contributed by atoms with Crippen molar-refractivity contribution in [3.8, 4) is 0 Å². The molecule has 58 valence electrons. The molecule has 1 saturated heterocycles. The topological polar surface area (TPSA) is 12.0 Å². The van der Waals surface area contributed by atoms with Crippen LogP contribution in [-0.4, -0.2) is 12.6 Å². The molecule has 1 aliphatic heterocycles. The second-order valence-corrected chi connectivity index (χ2v) is 3.94. The van der Waals surface area contributed by atoms with Gasteiger partial charge in [-0.15, -0.1) is 0 Å². The first-order valence-corrected chi connectivity index (χ1v) is 4.61. The third kappa shape index (κ3) is 0.968. The van der Waals surface area contributed by atoms with Crippen molar-refractivity contribution in [1.29, 1.82) is 0 Å². The average Bonchev–Trinajstić information content (AvgIpc) is 2.36. The van der Waals surface area contributed by atoms with E-state index in [4.69, 9.17) is 0 Å². The zero-order valence-electron chi connectivity index (χ0n) is 6.77. The Morgan fingerprint density at radius 1 is 1.20 bits per heavy atom. The van der Waals surface area contributed by atoms with Crippen molar-refractivity contribution in [3.63, 3.8) is 0 Å². The lowest BCUT2D eigenvalue weighted by atomic mass is 9.79. The molecule has 0 aromatic rings. The summed E-state index contributed by atoms with van der Waals surface area (Å²) in [6.07, 6.45) is 5.86. The number of hydrogen-bond donors (Lipinski definition) is 1. The SMILES string of the molecule is CC1CCCC2CCNC12. The zero-order chi connectivity index (χ0) is 6.97. The van der Waals surface area contributed by atoms with E-state index in [9.17, 15) is 0 Å². The Bertz CT molecular complexity index is 122. The molecule has 1 aliphatic carbocycles. The first kappa shape index (κ1) is 6.66. The molecule has 1 N–H and O–H groups in total. The number of hydrogen-bond acceptors (Lipinski definition) is 1. The van der Waals surface area contributed by atoms with Gasteiger partial charge in [-0.3, -0.25) is 0 Å². The van der Waals surface area contributed by atoms with Crippen molar-refractivity contribution in [2.45, 2.75) is 38.6 Å². The molecule has 2 fully saturated rings. The fourth-order valence-electron chi connectivity index (χ4n) is 2.65. The molecule has 0 amide bonds. The highest BCUT2D eigenvalue weighted by Gasteiger charge is 2.33. The van der Waals surface area contributed by atoms with E-state index in [1.165, 1.54) is 32.2 Å². The van der Waals surface area contributed by atoms with Gasteiger partial charge in [0.15, 0.2) is 0 Å². The Morgan fingerprint density at radius 2 is 2.10 bits per heavy atom. The first-order valence-electron chi connectivity index (χ1n) is 4.61. The highest BCUT2D eigenvalue weighted by Crippen LogP contribution is 2.33. The largest absolute Gasteiger partial charge is 0.313 e. The van der Waals surface area contributed by atoms with Crippen molar-refractivity contribution in [2.75, 3.05) is 6.54 Å². The van der Waals surface area contributed by atoms with Gasteiger partial charge in [-0.25, -0.2) is 0 Å². The molecule has 1 saturated carbocycles. The molecule has 2 rings (SSSR count). The molecule has 0 aromatic heterocycles. The summed E-state index contributed by atoms with van der Waals surface area (Å²) in [5, 5.41) is 3.61. The summed E-state index contributed by atoms with van der Waals surface area (Å²) < 4.78 is 0. The monoisotopic (exact) mass is 139 g/mol. The van der Waals surface area contributed by atoms with Crippen molar-refractivity contribution in [1.82, 2.24) is 5.32 Å². The second kappa shape index (κ2) is 2.54. The van der Waals surface area contributed by atoms with Gasteiger partial charge in [-0.1, -0.05) is 13.3 Å². The molecular formula is C9H17N. The molecule has 0 aromatic carbocycles. The normalized spacial score (nSPS) is 47.1. The van der Waals surface area contributed by atoms with Crippen LogP contribution in [0.5, 0.6) is 0 Å². The van der Waals surface area contributed by atoms with Crippen LogP contribution in [0.3, 0.4) is 0 Å². The van der Waals surface area contributed by atoms with Gasteiger partial charge < -0.3 is 5.32 Å². The summed E-state index contributed by atoms with van der Waals surface area (Å²) in [4.78, 5) is 0. The Labute approximate surface area is 63.2 Å². The Kier molecular flexibility index (Phi) is 1.69. The van der Waals surface area contributed by atoms with E-state index in [1.54, 1.807) is 0 Å². The van der Waals surface area contributed by atoms with E-state index >= 15 is 0 Å². The molecule has 1 nitrogen and oxygen atoms in total. The van der Waals surface area contributed by atoms with Crippen molar-refractivity contribution >= 4 is 0 Å². The van der Waals surface area contributed by atoms with Crippen LogP contribution in [0.2, 0.25) is 0 Å². The lowest BCUT2D eigenvalue weighted by Gasteiger charge is -2.30. The van der Waals surface area contributed by atoms with Gasteiger partial charge in [0.1, 0.15) is 0 Å². The van der Waals surface area contributed by atoms with Crippen molar-refractivity contribution in [3.05, 3.63) is 0 Å². The van der Waals surface area contributed by atoms with Gasteiger partial charge in [0, 0.05) is 6.04 Å². The lowest BCUT2D eigenvalue weighted by molar-refractivity contribution is 0.245. The van der Waals surface area contributed by atoms with Gasteiger partial charge in [0.2, 0.25) is 0 Å². The maximum absolute atomic E-state index is 3.61. The summed E-state index contributed by atoms with van der Waals surface area (Å²) in [6.45, 7) is 3.68. The summed E-state index contributed by atoms with van der Waals surface area (Å²) in [6, 6.07) is 0.883. The van der Waals surface area contributed by atoms with Gasteiger partial charge in [0.25, 0.3) is 0 Å². The summed E-state index contributed by atoms with van der Waals surface area (Å²) in [5.41, 5.74) is 0. The zero-order valence-corrected chi connectivity index (χ0v) is 6.77. The molecule has 1 heteroatoms. The third-order valence-electron chi connectivity index (χ3n) is 3.25. The minimum absolute atomic E-state index is 0.883. The number of fused-ring (bicyclic) bond motifs is 1. The summed E-state index contributed by atoms with van der Waals surface area (Å²) >= 11 is 0. The van der Waals surface area contributed by atoms with E-state index in [2.05, 4.69) is 12.2 Å². The summed E-state index contributed by atoms with van der Waals surface area (Å²) in [5.74, 6) is 1.98. The van der Waals surface area contributed by atoms with Gasteiger partial charge in [0.05, 0.1) is 0 Å². The minimum Gasteiger partial charge on any atom is -0.313 e. The van der Waals surface area contributed by atoms with Crippen molar-refractivity contribution < 1.29 is 0 Å². The van der Waals surface area contributed by atoms with Crippen LogP contribution in [0.4, 0.5) is 0 Å². The number of nitrogens with one attached hydrogen (secondary N) is 1. The van der Waals surface area contributed by atoms with Crippen LogP contribution in [0.15, 0.2) is 0 Å². The third-order valence-corrected chi connectivity index (χ3v) is 3.25. The van der Waals surface area contributed by atoms with Crippen LogP contribution >= 0.6 is 0 Å². The predicted molar refractivity (Wildman–Crippen MR) is 42.9 cm³/mol. The standard InChI is InChI=1S/C9H17N/c1-7-3-2-4-8-5-6-10-9(7)8/h7-10H,2-6H2,1H3. The predicted octanol–water partition coefficient (Wildman–Crippen LogP) is 1.78. The van der Waals surface area contributed by atoms with E-state index < -0.39 is 0 Å². The highest BCUT2D eigenvalue weighted by molar-refractivity contribution is 4.90. The smallest absolute Gasteiger partial charge is 0.0121 e.